The maximum absolute atomic E-state index is 14.5. The molecule has 0 radical (unpaired) electrons. The van der Waals surface area contributed by atoms with Gasteiger partial charge in [-0.15, -0.1) is 13.2 Å². The Labute approximate surface area is 157 Å². The first-order valence-corrected chi connectivity index (χ1v) is 9.36. The van der Waals surface area contributed by atoms with Crippen LogP contribution in [-0.4, -0.2) is 10.3 Å². The number of halogens is 5. The van der Waals surface area contributed by atoms with Gasteiger partial charge in [-0.2, -0.15) is 0 Å². The highest BCUT2D eigenvalue weighted by molar-refractivity contribution is 14.1. The Bertz CT molecular complexity index is 719. The van der Waals surface area contributed by atoms with E-state index in [1.54, 1.807) is 12.1 Å². The number of ether oxygens (including phenoxy) is 1. The average Bonchev–Trinajstić information content (AvgIpc) is 2.55. The summed E-state index contributed by atoms with van der Waals surface area (Å²) in [5.41, 5.74) is 1.90. The van der Waals surface area contributed by atoms with Gasteiger partial charge in [0.15, 0.2) is 0 Å². The van der Waals surface area contributed by atoms with Crippen LogP contribution in [0, 0.1) is 5.82 Å². The van der Waals surface area contributed by atoms with E-state index in [0.29, 0.717) is 21.0 Å². The van der Waals surface area contributed by atoms with Gasteiger partial charge >= 0.3 is 6.36 Å². The third-order valence-corrected chi connectivity index (χ3v) is 5.77. The molecule has 0 aromatic heterocycles. The standard InChI is InChI=1S/C19H17F4IO/c20-18-11-14(12-1-6-15(24)7-2-12)5-10-17(18)13-3-8-16(9-4-13)25-19(21,22)23/h3-5,8-12,15H,1-2,6-7H2. The first-order chi connectivity index (χ1) is 11.8. The molecule has 0 aliphatic heterocycles. The van der Waals surface area contributed by atoms with Gasteiger partial charge in [-0.3, -0.25) is 0 Å². The second-order valence-electron chi connectivity index (χ2n) is 6.26. The van der Waals surface area contributed by atoms with E-state index in [-0.39, 0.29) is 11.6 Å². The number of rotatable bonds is 3. The highest BCUT2D eigenvalue weighted by Gasteiger charge is 2.31. The summed E-state index contributed by atoms with van der Waals surface area (Å²) in [5.74, 6) is -0.278. The van der Waals surface area contributed by atoms with Crippen LogP contribution < -0.4 is 4.74 Å². The van der Waals surface area contributed by atoms with E-state index in [1.165, 1.54) is 24.3 Å². The van der Waals surface area contributed by atoms with Crippen molar-refractivity contribution in [2.45, 2.75) is 41.9 Å². The summed E-state index contributed by atoms with van der Waals surface area (Å²) in [6.07, 6.45) is -0.304. The summed E-state index contributed by atoms with van der Waals surface area (Å²) in [5, 5.41) is 0. The molecule has 0 atom stereocenters. The molecule has 2 aromatic rings. The molecule has 1 nitrogen and oxygen atoms in total. The molecule has 0 amide bonds. The lowest BCUT2D eigenvalue weighted by molar-refractivity contribution is -0.274. The van der Waals surface area contributed by atoms with E-state index < -0.39 is 6.36 Å². The van der Waals surface area contributed by atoms with Gasteiger partial charge in [-0.05, 0) is 60.9 Å². The number of alkyl halides is 4. The van der Waals surface area contributed by atoms with Gasteiger partial charge in [-0.25, -0.2) is 4.39 Å². The van der Waals surface area contributed by atoms with Crippen LogP contribution in [0.3, 0.4) is 0 Å². The number of hydrogen-bond donors (Lipinski definition) is 0. The molecule has 6 heteroatoms. The van der Waals surface area contributed by atoms with Crippen molar-refractivity contribution >= 4 is 22.6 Å². The molecule has 1 saturated carbocycles. The van der Waals surface area contributed by atoms with Gasteiger partial charge in [0.2, 0.25) is 0 Å². The minimum atomic E-state index is -4.73. The summed E-state index contributed by atoms with van der Waals surface area (Å²) >= 11 is 2.46. The smallest absolute Gasteiger partial charge is 0.406 e. The van der Waals surface area contributed by atoms with Gasteiger partial charge in [0.05, 0.1) is 0 Å². The fourth-order valence-corrected chi connectivity index (χ4v) is 3.96. The molecule has 0 spiro atoms. The van der Waals surface area contributed by atoms with Crippen molar-refractivity contribution in [3.8, 4) is 16.9 Å². The van der Waals surface area contributed by atoms with E-state index in [2.05, 4.69) is 27.3 Å². The van der Waals surface area contributed by atoms with Crippen LogP contribution in [0.4, 0.5) is 17.6 Å². The monoisotopic (exact) mass is 464 g/mol. The molecule has 3 rings (SSSR count). The molecular weight excluding hydrogens is 447 g/mol. The highest BCUT2D eigenvalue weighted by atomic mass is 127. The first-order valence-electron chi connectivity index (χ1n) is 8.11. The zero-order valence-electron chi connectivity index (χ0n) is 13.3. The van der Waals surface area contributed by atoms with Crippen molar-refractivity contribution in [3.63, 3.8) is 0 Å². The highest BCUT2D eigenvalue weighted by Crippen LogP contribution is 2.37. The normalized spacial score (nSPS) is 21.2. The van der Waals surface area contributed by atoms with Gasteiger partial charge in [0.25, 0.3) is 0 Å². The minimum Gasteiger partial charge on any atom is -0.406 e. The summed E-state index contributed by atoms with van der Waals surface area (Å²) in [4.78, 5) is 0. The lowest BCUT2D eigenvalue weighted by Crippen LogP contribution is -2.16. The van der Waals surface area contributed by atoms with Crippen LogP contribution in [0.25, 0.3) is 11.1 Å². The molecule has 2 aromatic carbocycles. The number of benzene rings is 2. The first kappa shape index (κ1) is 18.5. The quantitative estimate of drug-likeness (QED) is 0.274. The maximum atomic E-state index is 14.5. The zero-order chi connectivity index (χ0) is 18.0. The largest absolute Gasteiger partial charge is 0.573 e. The molecule has 134 valence electrons. The van der Waals surface area contributed by atoms with Crippen LogP contribution in [0.5, 0.6) is 5.75 Å². The van der Waals surface area contributed by atoms with E-state index in [9.17, 15) is 17.6 Å². The van der Waals surface area contributed by atoms with Crippen LogP contribution in [-0.2, 0) is 0 Å². The fourth-order valence-electron chi connectivity index (χ4n) is 3.24. The third kappa shape index (κ3) is 4.86. The second kappa shape index (κ2) is 7.51. The van der Waals surface area contributed by atoms with Crippen molar-refractivity contribution in [1.29, 1.82) is 0 Å². The molecular formula is C19H17F4IO. The van der Waals surface area contributed by atoms with Crippen molar-refractivity contribution in [2.24, 2.45) is 0 Å². The Morgan fingerprint density at radius 3 is 2.12 bits per heavy atom. The second-order valence-corrected chi connectivity index (χ2v) is 8.02. The Balaban J connectivity index is 1.77. The van der Waals surface area contributed by atoms with Gasteiger partial charge in [-0.1, -0.05) is 46.9 Å². The van der Waals surface area contributed by atoms with Crippen molar-refractivity contribution < 1.29 is 22.3 Å². The molecule has 0 bridgehead atoms. The Hall–Kier alpha value is -1.31. The average molecular weight is 464 g/mol. The molecule has 0 heterocycles. The molecule has 1 aliphatic carbocycles. The van der Waals surface area contributed by atoms with Crippen LogP contribution in [0.1, 0.15) is 37.2 Å². The Morgan fingerprint density at radius 1 is 0.920 bits per heavy atom. The number of hydrogen-bond acceptors (Lipinski definition) is 1. The van der Waals surface area contributed by atoms with Gasteiger partial charge in [0.1, 0.15) is 11.6 Å². The van der Waals surface area contributed by atoms with E-state index in [4.69, 9.17) is 0 Å². The summed E-state index contributed by atoms with van der Waals surface area (Å²) in [6.45, 7) is 0. The maximum Gasteiger partial charge on any atom is 0.573 e. The Morgan fingerprint density at radius 2 is 1.56 bits per heavy atom. The van der Waals surface area contributed by atoms with Crippen LogP contribution >= 0.6 is 22.6 Å². The van der Waals surface area contributed by atoms with Crippen LogP contribution in [0.2, 0.25) is 0 Å². The predicted molar refractivity (Wildman–Crippen MR) is 97.5 cm³/mol. The molecule has 1 aliphatic rings. The summed E-state index contributed by atoms with van der Waals surface area (Å²) in [7, 11) is 0. The molecule has 0 saturated heterocycles. The third-order valence-electron chi connectivity index (χ3n) is 4.52. The van der Waals surface area contributed by atoms with E-state index in [1.807, 2.05) is 6.07 Å². The molecule has 0 N–H and O–H groups in total. The van der Waals surface area contributed by atoms with E-state index >= 15 is 0 Å². The SMILES string of the molecule is Fc1cc(C2CCC(I)CC2)ccc1-c1ccc(OC(F)(F)F)cc1. The van der Waals surface area contributed by atoms with Gasteiger partial charge < -0.3 is 4.74 Å². The fraction of sp³-hybridized carbons (Fsp3) is 0.368. The van der Waals surface area contributed by atoms with E-state index in [0.717, 1.165) is 31.2 Å². The van der Waals surface area contributed by atoms with Crippen LogP contribution in [0.15, 0.2) is 42.5 Å². The van der Waals surface area contributed by atoms with Crippen molar-refractivity contribution in [1.82, 2.24) is 0 Å². The summed E-state index contributed by atoms with van der Waals surface area (Å²) in [6, 6.07) is 10.4. The molecule has 1 fully saturated rings. The topological polar surface area (TPSA) is 9.23 Å². The zero-order valence-corrected chi connectivity index (χ0v) is 15.5. The Kier molecular flexibility index (Phi) is 5.55. The summed E-state index contributed by atoms with van der Waals surface area (Å²) < 4.78 is 55.6. The molecule has 0 unspecified atom stereocenters. The van der Waals surface area contributed by atoms with Crippen molar-refractivity contribution in [3.05, 3.63) is 53.8 Å². The minimum absolute atomic E-state index is 0.316. The lowest BCUT2D eigenvalue weighted by Gasteiger charge is -2.25. The van der Waals surface area contributed by atoms with Crippen molar-refractivity contribution in [2.75, 3.05) is 0 Å². The van der Waals surface area contributed by atoms with Gasteiger partial charge in [0, 0.05) is 9.49 Å². The molecule has 25 heavy (non-hydrogen) atoms. The predicted octanol–water partition coefficient (Wildman–Crippen LogP) is 6.85. The lowest BCUT2D eigenvalue weighted by atomic mass is 9.83.